The number of carbonyl (C=O) groups excluding carboxylic acids is 1. The van der Waals surface area contributed by atoms with Crippen LogP contribution in [0, 0.1) is 0 Å². The van der Waals surface area contributed by atoms with Crippen LogP contribution in [0.1, 0.15) is 12.5 Å². The van der Waals surface area contributed by atoms with Crippen LogP contribution in [-0.2, 0) is 11.2 Å². The van der Waals surface area contributed by atoms with E-state index in [-0.39, 0.29) is 11.8 Å². The van der Waals surface area contributed by atoms with E-state index < -0.39 is 6.10 Å². The van der Waals surface area contributed by atoms with Gasteiger partial charge in [0, 0.05) is 31.4 Å². The molecule has 1 aliphatic heterocycles. The van der Waals surface area contributed by atoms with Crippen LogP contribution in [0.5, 0.6) is 0 Å². The summed E-state index contributed by atoms with van der Waals surface area (Å²) in [6.07, 6.45) is 0.336. The number of alkyl halides is 1. The molecule has 1 amide bonds. The lowest BCUT2D eigenvalue weighted by molar-refractivity contribution is -0.116. The Balaban J connectivity index is 2.11. The maximum atomic E-state index is 11.5. The SMILES string of the molecule is CC(=O)N1CCc2ccc(NCC(O)CCl)cc21. The molecule has 1 atom stereocenters. The first-order valence-electron chi connectivity index (χ1n) is 6.00. The minimum absolute atomic E-state index is 0.0618. The second kappa shape index (κ2) is 5.59. The standard InChI is InChI=1S/C13H17ClN2O2/c1-9(17)16-5-4-10-2-3-11(6-13(10)16)15-8-12(18)7-14/h2-3,6,12,15,18H,4-5,7-8H2,1H3. The van der Waals surface area contributed by atoms with Gasteiger partial charge in [-0.3, -0.25) is 4.79 Å². The lowest BCUT2D eigenvalue weighted by Crippen LogP contribution is -2.26. The third-order valence-corrected chi connectivity index (χ3v) is 3.44. The summed E-state index contributed by atoms with van der Waals surface area (Å²) in [6, 6.07) is 5.93. The van der Waals surface area contributed by atoms with E-state index in [1.807, 2.05) is 18.2 Å². The number of nitrogens with zero attached hydrogens (tertiary/aromatic N) is 1. The molecule has 98 valence electrons. The number of halogens is 1. The summed E-state index contributed by atoms with van der Waals surface area (Å²) in [5.74, 6) is 0.268. The summed E-state index contributed by atoms with van der Waals surface area (Å²) in [4.78, 5) is 13.3. The number of anilines is 2. The minimum atomic E-state index is -0.566. The molecule has 0 aliphatic carbocycles. The first-order chi connectivity index (χ1) is 8.61. The highest BCUT2D eigenvalue weighted by atomic mass is 35.5. The van der Waals surface area contributed by atoms with Gasteiger partial charge in [0.1, 0.15) is 0 Å². The van der Waals surface area contributed by atoms with Crippen LogP contribution in [0.15, 0.2) is 18.2 Å². The number of fused-ring (bicyclic) bond motifs is 1. The Morgan fingerprint density at radius 1 is 1.61 bits per heavy atom. The van der Waals surface area contributed by atoms with Gasteiger partial charge < -0.3 is 15.3 Å². The van der Waals surface area contributed by atoms with Gasteiger partial charge >= 0.3 is 0 Å². The Morgan fingerprint density at radius 3 is 3.06 bits per heavy atom. The molecule has 5 heteroatoms. The van der Waals surface area contributed by atoms with Gasteiger partial charge in [0.2, 0.25) is 5.91 Å². The van der Waals surface area contributed by atoms with Crippen molar-refractivity contribution in [1.29, 1.82) is 0 Å². The van der Waals surface area contributed by atoms with Crippen molar-refractivity contribution in [1.82, 2.24) is 0 Å². The predicted octanol–water partition coefficient (Wildman–Crippen LogP) is 1.61. The molecule has 2 N–H and O–H groups in total. The molecule has 0 fully saturated rings. The molecule has 1 unspecified atom stereocenters. The maximum Gasteiger partial charge on any atom is 0.223 e. The van der Waals surface area contributed by atoms with Gasteiger partial charge in [0.15, 0.2) is 0 Å². The van der Waals surface area contributed by atoms with E-state index in [2.05, 4.69) is 5.32 Å². The van der Waals surface area contributed by atoms with Crippen LogP contribution in [0.3, 0.4) is 0 Å². The summed E-state index contributed by atoms with van der Waals surface area (Å²) in [6.45, 7) is 2.73. The molecule has 0 spiro atoms. The first-order valence-corrected chi connectivity index (χ1v) is 6.54. The van der Waals surface area contributed by atoms with Gasteiger partial charge in [0.25, 0.3) is 0 Å². The van der Waals surface area contributed by atoms with Crippen molar-refractivity contribution in [3.05, 3.63) is 23.8 Å². The van der Waals surface area contributed by atoms with Gasteiger partial charge in [-0.1, -0.05) is 6.07 Å². The normalized spacial score (nSPS) is 15.4. The second-order valence-corrected chi connectivity index (χ2v) is 4.76. The van der Waals surface area contributed by atoms with E-state index in [9.17, 15) is 9.90 Å². The quantitative estimate of drug-likeness (QED) is 0.816. The highest BCUT2D eigenvalue weighted by molar-refractivity contribution is 6.18. The molecular weight excluding hydrogens is 252 g/mol. The molecule has 1 aliphatic rings. The van der Waals surface area contributed by atoms with Crippen molar-refractivity contribution in [3.8, 4) is 0 Å². The summed E-state index contributed by atoms with van der Waals surface area (Å²) >= 11 is 5.53. The van der Waals surface area contributed by atoms with E-state index in [4.69, 9.17) is 11.6 Å². The van der Waals surface area contributed by atoms with Gasteiger partial charge in [-0.2, -0.15) is 0 Å². The molecule has 0 saturated carbocycles. The number of aliphatic hydroxyl groups is 1. The third kappa shape index (κ3) is 2.76. The van der Waals surface area contributed by atoms with E-state index >= 15 is 0 Å². The molecule has 18 heavy (non-hydrogen) atoms. The van der Waals surface area contributed by atoms with Gasteiger partial charge in [-0.25, -0.2) is 0 Å². The maximum absolute atomic E-state index is 11.5. The fourth-order valence-electron chi connectivity index (χ4n) is 2.11. The highest BCUT2D eigenvalue weighted by Crippen LogP contribution is 2.30. The summed E-state index contributed by atoms with van der Waals surface area (Å²) in [5, 5.41) is 12.5. The van der Waals surface area contributed by atoms with Crippen LogP contribution >= 0.6 is 11.6 Å². The average molecular weight is 269 g/mol. The Hall–Kier alpha value is -1.26. The van der Waals surface area contributed by atoms with Crippen LogP contribution in [-0.4, -0.2) is 36.1 Å². The summed E-state index contributed by atoms with van der Waals surface area (Å²) in [7, 11) is 0. The van der Waals surface area contributed by atoms with Crippen LogP contribution in [0.4, 0.5) is 11.4 Å². The van der Waals surface area contributed by atoms with Crippen molar-refractivity contribution < 1.29 is 9.90 Å². The topological polar surface area (TPSA) is 52.6 Å². The smallest absolute Gasteiger partial charge is 0.223 e. The summed E-state index contributed by atoms with van der Waals surface area (Å²) < 4.78 is 0. The molecule has 1 aromatic carbocycles. The molecule has 0 aromatic heterocycles. The number of aliphatic hydroxyl groups excluding tert-OH is 1. The molecular formula is C13H17ClN2O2. The zero-order valence-electron chi connectivity index (χ0n) is 10.3. The molecule has 0 saturated heterocycles. The predicted molar refractivity (Wildman–Crippen MR) is 73.4 cm³/mol. The van der Waals surface area contributed by atoms with Crippen molar-refractivity contribution in [2.75, 3.05) is 29.2 Å². The zero-order valence-corrected chi connectivity index (χ0v) is 11.1. The van der Waals surface area contributed by atoms with Crippen molar-refractivity contribution >= 4 is 28.9 Å². The van der Waals surface area contributed by atoms with Crippen molar-refractivity contribution in [2.45, 2.75) is 19.4 Å². The largest absolute Gasteiger partial charge is 0.390 e. The minimum Gasteiger partial charge on any atom is -0.390 e. The van der Waals surface area contributed by atoms with Gasteiger partial charge in [-0.05, 0) is 24.1 Å². The number of carbonyl (C=O) groups is 1. The lowest BCUT2D eigenvalue weighted by Gasteiger charge is -2.16. The zero-order chi connectivity index (χ0) is 13.1. The monoisotopic (exact) mass is 268 g/mol. The second-order valence-electron chi connectivity index (χ2n) is 4.45. The molecule has 2 rings (SSSR count). The lowest BCUT2D eigenvalue weighted by atomic mass is 10.1. The van der Waals surface area contributed by atoms with E-state index in [1.165, 1.54) is 5.56 Å². The summed E-state index contributed by atoms with van der Waals surface area (Å²) in [5.41, 5.74) is 3.05. The van der Waals surface area contributed by atoms with Gasteiger partial charge in [-0.15, -0.1) is 11.6 Å². The number of hydrogen-bond acceptors (Lipinski definition) is 3. The molecule has 0 radical (unpaired) electrons. The molecule has 1 aromatic rings. The van der Waals surface area contributed by atoms with Crippen LogP contribution < -0.4 is 10.2 Å². The molecule has 0 bridgehead atoms. The third-order valence-electron chi connectivity index (χ3n) is 3.08. The average Bonchev–Trinajstić information content (AvgIpc) is 2.78. The fourth-order valence-corrected chi connectivity index (χ4v) is 2.22. The van der Waals surface area contributed by atoms with E-state index in [0.717, 1.165) is 24.3 Å². The Morgan fingerprint density at radius 2 is 2.39 bits per heavy atom. The number of amides is 1. The fraction of sp³-hybridized carbons (Fsp3) is 0.462. The van der Waals surface area contributed by atoms with Gasteiger partial charge in [0.05, 0.1) is 12.0 Å². The van der Waals surface area contributed by atoms with Crippen molar-refractivity contribution in [2.24, 2.45) is 0 Å². The number of benzene rings is 1. The molecule has 1 heterocycles. The van der Waals surface area contributed by atoms with Crippen LogP contribution in [0.25, 0.3) is 0 Å². The number of rotatable bonds is 4. The number of hydrogen-bond donors (Lipinski definition) is 2. The van der Waals surface area contributed by atoms with Crippen LogP contribution in [0.2, 0.25) is 0 Å². The Bertz CT molecular complexity index is 451. The Kier molecular flexibility index (Phi) is 4.09. The Labute approximate surface area is 112 Å². The first kappa shape index (κ1) is 13.2. The van der Waals surface area contributed by atoms with E-state index in [0.29, 0.717) is 6.54 Å². The molecule has 4 nitrogen and oxygen atoms in total. The van der Waals surface area contributed by atoms with E-state index in [1.54, 1.807) is 11.8 Å². The highest BCUT2D eigenvalue weighted by Gasteiger charge is 2.22. The van der Waals surface area contributed by atoms with Crippen molar-refractivity contribution in [3.63, 3.8) is 0 Å². The number of nitrogens with one attached hydrogen (secondary N) is 1.